The van der Waals surface area contributed by atoms with Gasteiger partial charge in [-0.1, -0.05) is 24.3 Å². The maximum Gasteiger partial charge on any atom is 0.352 e. The maximum atomic E-state index is 11.2. The van der Waals surface area contributed by atoms with Gasteiger partial charge in [-0.3, -0.25) is 0 Å². The van der Waals surface area contributed by atoms with Gasteiger partial charge in [0, 0.05) is 15.8 Å². The Labute approximate surface area is 119 Å². The highest BCUT2D eigenvalue weighted by Gasteiger charge is 2.25. The molecule has 0 atom stereocenters. The average molecular weight is 353 g/mol. The molecule has 1 aliphatic carbocycles. The Bertz CT molecular complexity index is 593. The first-order chi connectivity index (χ1) is 8.65. The van der Waals surface area contributed by atoms with Crippen LogP contribution in [0.25, 0.3) is 0 Å². The lowest BCUT2D eigenvalue weighted by Gasteiger charge is -2.13. The van der Waals surface area contributed by atoms with Crippen LogP contribution in [0.2, 0.25) is 0 Å². The molecule has 0 saturated heterocycles. The molecule has 0 spiro atoms. The van der Waals surface area contributed by atoms with E-state index in [0.717, 1.165) is 16.4 Å². The number of carboxylic acid groups (broad SMARTS) is 1. The summed E-state index contributed by atoms with van der Waals surface area (Å²) >= 11 is 2.16. The molecular weight excluding hydrogens is 341 g/mol. The normalized spacial score (nSPS) is 14.7. The molecule has 0 radical (unpaired) electrons. The van der Waals surface area contributed by atoms with Gasteiger partial charge in [-0.25, -0.2) is 4.79 Å². The van der Waals surface area contributed by atoms with Gasteiger partial charge in [0.15, 0.2) is 0 Å². The van der Waals surface area contributed by atoms with Gasteiger partial charge < -0.3 is 9.67 Å². The summed E-state index contributed by atoms with van der Waals surface area (Å²) in [7, 11) is 0. The molecule has 1 aromatic carbocycles. The third-order valence-corrected chi connectivity index (χ3v) is 4.05. The van der Waals surface area contributed by atoms with Gasteiger partial charge in [0.25, 0.3) is 0 Å². The number of hydrogen-bond acceptors (Lipinski definition) is 1. The Morgan fingerprint density at radius 1 is 1.28 bits per heavy atom. The van der Waals surface area contributed by atoms with E-state index in [1.54, 1.807) is 6.07 Å². The second kappa shape index (κ2) is 4.42. The number of aromatic carboxylic acids is 1. The fraction of sp³-hybridized carbons (Fsp3) is 0.214. The largest absolute Gasteiger partial charge is 0.477 e. The minimum absolute atomic E-state index is 0.233. The van der Waals surface area contributed by atoms with Crippen molar-refractivity contribution in [3.63, 3.8) is 0 Å². The second-order valence-corrected chi connectivity index (χ2v) is 5.83. The highest BCUT2D eigenvalue weighted by atomic mass is 127. The Kier molecular flexibility index (Phi) is 2.89. The highest BCUT2D eigenvalue weighted by Crippen LogP contribution is 2.31. The molecule has 0 aliphatic heterocycles. The van der Waals surface area contributed by atoms with Crippen LogP contribution in [0.5, 0.6) is 0 Å². The van der Waals surface area contributed by atoms with Crippen molar-refractivity contribution in [2.24, 2.45) is 0 Å². The number of aromatic nitrogens is 1. The zero-order valence-electron chi connectivity index (χ0n) is 9.64. The van der Waals surface area contributed by atoms with Crippen molar-refractivity contribution in [3.8, 4) is 0 Å². The van der Waals surface area contributed by atoms with Crippen LogP contribution in [0.4, 0.5) is 0 Å². The van der Waals surface area contributed by atoms with E-state index in [1.165, 1.54) is 11.1 Å². The smallest absolute Gasteiger partial charge is 0.352 e. The molecule has 1 aliphatic rings. The Morgan fingerprint density at radius 3 is 2.44 bits per heavy atom. The zero-order chi connectivity index (χ0) is 12.7. The lowest BCUT2D eigenvalue weighted by Crippen LogP contribution is -2.14. The summed E-state index contributed by atoms with van der Waals surface area (Å²) in [5.41, 5.74) is 3.06. The first-order valence-corrected chi connectivity index (χ1v) is 6.90. The van der Waals surface area contributed by atoms with Gasteiger partial charge in [-0.15, -0.1) is 0 Å². The van der Waals surface area contributed by atoms with E-state index in [9.17, 15) is 9.90 Å². The molecule has 3 nitrogen and oxygen atoms in total. The molecule has 0 bridgehead atoms. The van der Waals surface area contributed by atoms with Gasteiger partial charge in [0.05, 0.1) is 0 Å². The van der Waals surface area contributed by atoms with Crippen LogP contribution in [0.1, 0.15) is 27.7 Å². The summed E-state index contributed by atoms with van der Waals surface area (Å²) in [5, 5.41) is 9.23. The van der Waals surface area contributed by atoms with Crippen molar-refractivity contribution in [2.45, 2.75) is 18.9 Å². The van der Waals surface area contributed by atoms with Crippen LogP contribution in [0.15, 0.2) is 36.5 Å². The average Bonchev–Trinajstić information content (AvgIpc) is 2.91. The molecular formula is C14H12INO2. The number of halogens is 1. The molecule has 0 unspecified atom stereocenters. The third kappa shape index (κ3) is 1.94. The van der Waals surface area contributed by atoms with E-state index in [-0.39, 0.29) is 6.04 Å². The SMILES string of the molecule is O=C(O)c1cc(I)cn1C1Cc2ccccc2C1. The van der Waals surface area contributed by atoms with Crippen LogP contribution in [-0.4, -0.2) is 15.6 Å². The lowest BCUT2D eigenvalue weighted by molar-refractivity contribution is 0.0682. The third-order valence-electron chi connectivity index (χ3n) is 3.46. The minimum Gasteiger partial charge on any atom is -0.477 e. The van der Waals surface area contributed by atoms with Crippen molar-refractivity contribution >= 4 is 28.6 Å². The summed E-state index contributed by atoms with van der Waals surface area (Å²) in [4.78, 5) is 11.2. The lowest BCUT2D eigenvalue weighted by atomic mass is 10.1. The van der Waals surface area contributed by atoms with E-state index >= 15 is 0 Å². The van der Waals surface area contributed by atoms with Crippen LogP contribution in [0, 0.1) is 3.57 Å². The molecule has 4 heteroatoms. The van der Waals surface area contributed by atoms with Crippen molar-refractivity contribution in [1.29, 1.82) is 0 Å². The standard InChI is InChI=1S/C14H12INO2/c15-11-7-13(14(17)18)16(8-11)12-5-9-3-1-2-4-10(9)6-12/h1-4,7-8,12H,5-6H2,(H,17,18). The summed E-state index contributed by atoms with van der Waals surface area (Å²) in [6, 6.07) is 10.3. The molecule has 92 valence electrons. The van der Waals surface area contributed by atoms with E-state index in [0.29, 0.717) is 5.69 Å². The van der Waals surface area contributed by atoms with Crippen LogP contribution < -0.4 is 0 Å². The number of hydrogen-bond donors (Lipinski definition) is 1. The minimum atomic E-state index is -0.853. The number of carboxylic acids is 1. The monoisotopic (exact) mass is 353 g/mol. The number of rotatable bonds is 2. The second-order valence-electron chi connectivity index (χ2n) is 4.59. The van der Waals surface area contributed by atoms with Gasteiger partial charge >= 0.3 is 5.97 Å². The van der Waals surface area contributed by atoms with Crippen molar-refractivity contribution in [3.05, 3.63) is 56.9 Å². The molecule has 1 heterocycles. The predicted octanol–water partition coefficient (Wildman–Crippen LogP) is 3.13. The fourth-order valence-electron chi connectivity index (χ4n) is 2.65. The van der Waals surface area contributed by atoms with Gasteiger partial charge in [0.2, 0.25) is 0 Å². The van der Waals surface area contributed by atoms with Crippen LogP contribution >= 0.6 is 22.6 Å². The van der Waals surface area contributed by atoms with Crippen LogP contribution in [-0.2, 0) is 12.8 Å². The molecule has 0 amide bonds. The van der Waals surface area contributed by atoms with Crippen LogP contribution in [0.3, 0.4) is 0 Å². The van der Waals surface area contributed by atoms with Crippen molar-refractivity contribution < 1.29 is 9.90 Å². The molecule has 18 heavy (non-hydrogen) atoms. The van der Waals surface area contributed by atoms with E-state index < -0.39 is 5.97 Å². The predicted molar refractivity (Wildman–Crippen MR) is 77.0 cm³/mol. The molecule has 1 N–H and O–H groups in total. The Morgan fingerprint density at radius 2 is 1.89 bits per heavy atom. The number of carbonyl (C=O) groups is 1. The molecule has 0 saturated carbocycles. The molecule has 1 aromatic heterocycles. The number of nitrogens with zero attached hydrogens (tertiary/aromatic N) is 1. The first-order valence-electron chi connectivity index (χ1n) is 5.82. The summed E-state index contributed by atoms with van der Waals surface area (Å²) in [5.74, 6) is -0.853. The highest BCUT2D eigenvalue weighted by molar-refractivity contribution is 14.1. The van der Waals surface area contributed by atoms with Gasteiger partial charge in [0.1, 0.15) is 5.69 Å². The summed E-state index contributed by atoms with van der Waals surface area (Å²) < 4.78 is 2.88. The quantitative estimate of drug-likeness (QED) is 0.843. The van der Waals surface area contributed by atoms with Gasteiger partial charge in [-0.2, -0.15) is 0 Å². The molecule has 3 rings (SSSR count). The van der Waals surface area contributed by atoms with E-state index in [1.807, 2.05) is 22.9 Å². The summed E-state index contributed by atoms with van der Waals surface area (Å²) in [6.07, 6.45) is 3.77. The number of benzene rings is 1. The Hall–Kier alpha value is -1.30. The summed E-state index contributed by atoms with van der Waals surface area (Å²) in [6.45, 7) is 0. The van der Waals surface area contributed by atoms with Gasteiger partial charge in [-0.05, 0) is 52.6 Å². The van der Waals surface area contributed by atoms with E-state index in [2.05, 4.69) is 34.7 Å². The number of fused-ring (bicyclic) bond motifs is 1. The Balaban J connectivity index is 1.97. The molecule has 2 aromatic rings. The fourth-order valence-corrected chi connectivity index (χ4v) is 3.25. The maximum absolute atomic E-state index is 11.2. The zero-order valence-corrected chi connectivity index (χ0v) is 11.8. The van der Waals surface area contributed by atoms with E-state index in [4.69, 9.17) is 0 Å². The molecule has 0 fully saturated rings. The van der Waals surface area contributed by atoms with Crippen molar-refractivity contribution in [2.75, 3.05) is 0 Å². The first kappa shape index (κ1) is 11.8. The van der Waals surface area contributed by atoms with Crippen molar-refractivity contribution in [1.82, 2.24) is 4.57 Å². The topological polar surface area (TPSA) is 42.2 Å².